The predicted octanol–water partition coefficient (Wildman–Crippen LogP) is 3.98. The molecule has 1 heterocycles. The first kappa shape index (κ1) is 16.1. The average Bonchev–Trinajstić information content (AvgIpc) is 2.78. The van der Waals surface area contributed by atoms with Gasteiger partial charge in [-0.25, -0.2) is 4.98 Å². The number of hydrogen-bond acceptors (Lipinski definition) is 2. The summed E-state index contributed by atoms with van der Waals surface area (Å²) in [6.07, 6.45) is 5.68. The van der Waals surface area contributed by atoms with Crippen molar-refractivity contribution in [3.05, 3.63) is 17.7 Å². The second-order valence-corrected chi connectivity index (χ2v) is 7.19. The van der Waals surface area contributed by atoms with E-state index in [1.165, 1.54) is 0 Å². The van der Waals surface area contributed by atoms with Crippen molar-refractivity contribution in [2.75, 3.05) is 0 Å². The van der Waals surface area contributed by atoms with E-state index in [-0.39, 0.29) is 17.4 Å². The Morgan fingerprint density at radius 3 is 2.57 bits per heavy atom. The van der Waals surface area contributed by atoms with Crippen LogP contribution in [0, 0.1) is 31.1 Å². The molecule has 4 nitrogen and oxygen atoms in total. The van der Waals surface area contributed by atoms with E-state index in [9.17, 15) is 9.90 Å². The van der Waals surface area contributed by atoms with Gasteiger partial charge in [0.2, 0.25) is 0 Å². The Hall–Kier alpha value is -1.32. The number of hydrogen-bond donors (Lipinski definition) is 1. The second kappa shape index (κ2) is 5.82. The summed E-state index contributed by atoms with van der Waals surface area (Å²) in [6.45, 7) is 10.9. The van der Waals surface area contributed by atoms with E-state index < -0.39 is 5.97 Å². The summed E-state index contributed by atoms with van der Waals surface area (Å²) in [5, 5.41) is 9.58. The van der Waals surface area contributed by atoms with Crippen LogP contribution in [0.2, 0.25) is 0 Å². The smallest absolute Gasteiger partial charge is 0.308 e. The molecular formula is C17H28N2O2. The van der Waals surface area contributed by atoms with Gasteiger partial charge in [0.1, 0.15) is 0 Å². The highest BCUT2D eigenvalue weighted by atomic mass is 16.4. The lowest BCUT2D eigenvalue weighted by molar-refractivity contribution is -0.145. The van der Waals surface area contributed by atoms with Crippen LogP contribution in [0.3, 0.4) is 0 Å². The maximum Gasteiger partial charge on any atom is 0.308 e. The monoisotopic (exact) mass is 292 g/mol. The van der Waals surface area contributed by atoms with E-state index in [0.717, 1.165) is 37.1 Å². The van der Waals surface area contributed by atoms with Gasteiger partial charge in [-0.1, -0.05) is 27.2 Å². The topological polar surface area (TPSA) is 55.1 Å². The van der Waals surface area contributed by atoms with Crippen LogP contribution in [-0.4, -0.2) is 20.6 Å². The minimum Gasteiger partial charge on any atom is -0.481 e. The molecule has 0 aliphatic heterocycles. The van der Waals surface area contributed by atoms with Crippen LogP contribution in [0.15, 0.2) is 6.33 Å². The lowest BCUT2D eigenvalue weighted by Crippen LogP contribution is -2.37. The minimum absolute atomic E-state index is 0.0354. The zero-order valence-corrected chi connectivity index (χ0v) is 13.9. The molecule has 0 amide bonds. The quantitative estimate of drug-likeness (QED) is 0.913. The summed E-state index contributed by atoms with van der Waals surface area (Å²) >= 11 is 0. The summed E-state index contributed by atoms with van der Waals surface area (Å²) in [4.78, 5) is 16.0. The second-order valence-electron chi connectivity index (χ2n) is 7.19. The maximum absolute atomic E-state index is 11.6. The van der Waals surface area contributed by atoms with E-state index in [1.807, 2.05) is 20.2 Å². The Morgan fingerprint density at radius 2 is 2.10 bits per heavy atom. The van der Waals surface area contributed by atoms with Crippen LogP contribution < -0.4 is 0 Å². The Balaban J connectivity index is 2.32. The number of carbonyl (C=O) groups is 1. The Labute approximate surface area is 127 Å². The van der Waals surface area contributed by atoms with Crippen LogP contribution in [0.1, 0.15) is 63.9 Å². The molecule has 0 aromatic carbocycles. The molecule has 1 N–H and O–H groups in total. The van der Waals surface area contributed by atoms with Crippen LogP contribution >= 0.6 is 0 Å². The van der Waals surface area contributed by atoms with E-state index >= 15 is 0 Å². The summed E-state index contributed by atoms with van der Waals surface area (Å²) in [5.41, 5.74) is 2.36. The highest BCUT2D eigenvalue weighted by Gasteiger charge is 2.41. The molecule has 1 aliphatic carbocycles. The largest absolute Gasteiger partial charge is 0.481 e. The van der Waals surface area contributed by atoms with Gasteiger partial charge in [-0.3, -0.25) is 4.79 Å². The van der Waals surface area contributed by atoms with Crippen LogP contribution in [0.5, 0.6) is 0 Å². The van der Waals surface area contributed by atoms with Crippen molar-refractivity contribution in [3.63, 3.8) is 0 Å². The Kier molecular flexibility index (Phi) is 4.45. The Morgan fingerprint density at radius 1 is 1.43 bits per heavy atom. The van der Waals surface area contributed by atoms with Gasteiger partial charge in [-0.15, -0.1) is 0 Å². The molecule has 0 saturated heterocycles. The lowest BCUT2D eigenvalue weighted by Gasteiger charge is -2.42. The van der Waals surface area contributed by atoms with E-state index in [1.54, 1.807) is 0 Å². The molecule has 1 aliphatic rings. The molecule has 3 unspecified atom stereocenters. The molecular weight excluding hydrogens is 264 g/mol. The van der Waals surface area contributed by atoms with Gasteiger partial charge in [-0.05, 0) is 44.4 Å². The first-order chi connectivity index (χ1) is 9.77. The highest BCUT2D eigenvalue weighted by molar-refractivity contribution is 5.70. The summed E-state index contributed by atoms with van der Waals surface area (Å²) < 4.78 is 2.10. The Bertz CT molecular complexity index is 519. The van der Waals surface area contributed by atoms with Gasteiger partial charge in [0.15, 0.2) is 0 Å². The van der Waals surface area contributed by atoms with Crippen molar-refractivity contribution < 1.29 is 9.90 Å². The maximum atomic E-state index is 11.6. The van der Waals surface area contributed by atoms with Crippen molar-refractivity contribution >= 4 is 5.97 Å². The molecule has 3 atom stereocenters. The zero-order valence-electron chi connectivity index (χ0n) is 13.9. The van der Waals surface area contributed by atoms with Gasteiger partial charge in [-0.2, -0.15) is 0 Å². The zero-order chi connectivity index (χ0) is 15.8. The number of nitrogens with zero attached hydrogens (tertiary/aromatic N) is 2. The molecule has 0 spiro atoms. The third-order valence-electron chi connectivity index (χ3n) is 5.79. The molecule has 1 aromatic rings. The van der Waals surface area contributed by atoms with Crippen LogP contribution in [0.4, 0.5) is 0 Å². The van der Waals surface area contributed by atoms with Crippen LogP contribution in [-0.2, 0) is 4.79 Å². The lowest BCUT2D eigenvalue weighted by atomic mass is 9.66. The number of carboxylic acids is 1. The fraction of sp³-hybridized carbons (Fsp3) is 0.765. The fourth-order valence-corrected chi connectivity index (χ4v) is 3.59. The normalized spacial score (nSPS) is 26.8. The summed E-state index contributed by atoms with van der Waals surface area (Å²) in [7, 11) is 0. The molecule has 0 bridgehead atoms. The number of imidazole rings is 1. The van der Waals surface area contributed by atoms with Crippen molar-refractivity contribution in [2.24, 2.45) is 17.3 Å². The van der Waals surface area contributed by atoms with Gasteiger partial charge in [0, 0.05) is 11.7 Å². The van der Waals surface area contributed by atoms with Crippen molar-refractivity contribution in [3.8, 4) is 0 Å². The molecule has 2 rings (SSSR count). The number of aryl methyl sites for hydroxylation is 1. The standard InChI is InChI=1S/C17H28N2O2/c1-6-17(4,5)13-7-8-14(16(20)21)15(9-13)19-10-18-11(2)12(19)3/h10,13-15H,6-9H2,1-5H3,(H,20,21). The van der Waals surface area contributed by atoms with Crippen molar-refractivity contribution in [1.29, 1.82) is 0 Å². The van der Waals surface area contributed by atoms with E-state index in [0.29, 0.717) is 5.92 Å². The van der Waals surface area contributed by atoms with Gasteiger partial charge in [0.05, 0.1) is 17.9 Å². The summed E-state index contributed by atoms with van der Waals surface area (Å²) in [6, 6.07) is 0.0354. The average molecular weight is 292 g/mol. The number of aliphatic carboxylic acids is 1. The summed E-state index contributed by atoms with van der Waals surface area (Å²) in [5.74, 6) is -0.384. The van der Waals surface area contributed by atoms with Gasteiger partial charge >= 0.3 is 5.97 Å². The first-order valence-electron chi connectivity index (χ1n) is 8.00. The van der Waals surface area contributed by atoms with E-state index in [4.69, 9.17) is 0 Å². The third-order valence-corrected chi connectivity index (χ3v) is 5.79. The van der Waals surface area contributed by atoms with Crippen LogP contribution in [0.25, 0.3) is 0 Å². The molecule has 1 saturated carbocycles. The van der Waals surface area contributed by atoms with Gasteiger partial charge in [0.25, 0.3) is 0 Å². The number of rotatable bonds is 4. The molecule has 1 fully saturated rings. The van der Waals surface area contributed by atoms with Crippen molar-refractivity contribution in [1.82, 2.24) is 9.55 Å². The fourth-order valence-electron chi connectivity index (χ4n) is 3.59. The number of carboxylic acid groups (broad SMARTS) is 1. The van der Waals surface area contributed by atoms with E-state index in [2.05, 4.69) is 30.3 Å². The molecule has 118 valence electrons. The SMILES string of the molecule is CCC(C)(C)C1CCC(C(=O)O)C(n2cnc(C)c2C)C1. The predicted molar refractivity (Wildman–Crippen MR) is 83.3 cm³/mol. The first-order valence-corrected chi connectivity index (χ1v) is 8.00. The highest BCUT2D eigenvalue weighted by Crippen LogP contribution is 2.46. The molecule has 21 heavy (non-hydrogen) atoms. The minimum atomic E-state index is -0.668. The molecule has 0 radical (unpaired) electrons. The molecule has 1 aromatic heterocycles. The van der Waals surface area contributed by atoms with Gasteiger partial charge < -0.3 is 9.67 Å². The molecule has 4 heteroatoms. The van der Waals surface area contributed by atoms with Crippen molar-refractivity contribution in [2.45, 2.75) is 66.3 Å². The number of aromatic nitrogens is 2. The third kappa shape index (κ3) is 2.99.